The summed E-state index contributed by atoms with van der Waals surface area (Å²) in [6, 6.07) is 2.37. The van der Waals surface area contributed by atoms with E-state index in [0.29, 0.717) is 18.5 Å². The van der Waals surface area contributed by atoms with Gasteiger partial charge in [-0.2, -0.15) is 9.61 Å². The van der Waals surface area contributed by atoms with Crippen molar-refractivity contribution in [2.45, 2.75) is 45.2 Å². The van der Waals surface area contributed by atoms with Gasteiger partial charge in [-0.25, -0.2) is 0 Å². The van der Waals surface area contributed by atoms with Crippen molar-refractivity contribution < 1.29 is 4.74 Å². The van der Waals surface area contributed by atoms with Crippen LogP contribution in [-0.2, 0) is 11.3 Å². The Kier molecular flexibility index (Phi) is 3.63. The lowest BCUT2D eigenvalue weighted by Crippen LogP contribution is -2.38. The molecule has 1 fully saturated rings. The molecule has 3 aromatic rings. The normalized spacial score (nSPS) is 21.3. The molecule has 9 nitrogen and oxygen atoms in total. The molecule has 0 unspecified atom stereocenters. The van der Waals surface area contributed by atoms with E-state index in [0.717, 1.165) is 61.3 Å². The molecule has 5 heterocycles. The van der Waals surface area contributed by atoms with Gasteiger partial charge in [0.25, 0.3) is 0 Å². The van der Waals surface area contributed by atoms with E-state index < -0.39 is 0 Å². The maximum absolute atomic E-state index is 5.50. The van der Waals surface area contributed by atoms with Gasteiger partial charge >= 0.3 is 0 Å². The van der Waals surface area contributed by atoms with Crippen molar-refractivity contribution in [3.05, 3.63) is 29.7 Å². The molecule has 0 bridgehead atoms. The standard InChI is InChI=1S/C17H22N8O/c1-11-7-14(17-20-18-10-24(17)22-11)23-8-12(2)25-15(9-23)19-21-16(25)13-3-5-26-6-4-13/h7,10,12-13H,3-6,8-9H2,1-2H3/t12-/m0/s1. The summed E-state index contributed by atoms with van der Waals surface area (Å²) in [7, 11) is 0. The van der Waals surface area contributed by atoms with Crippen LogP contribution >= 0.6 is 0 Å². The Balaban J connectivity index is 1.51. The highest BCUT2D eigenvalue weighted by molar-refractivity contribution is 5.68. The Bertz CT molecular complexity index is 942. The van der Waals surface area contributed by atoms with Crippen LogP contribution in [0.1, 0.15) is 49.1 Å². The molecule has 3 aromatic heterocycles. The predicted molar refractivity (Wildman–Crippen MR) is 94.1 cm³/mol. The van der Waals surface area contributed by atoms with Gasteiger partial charge in [-0.05, 0) is 32.8 Å². The van der Waals surface area contributed by atoms with Crippen LogP contribution in [0, 0.1) is 6.92 Å². The van der Waals surface area contributed by atoms with E-state index in [1.807, 2.05) is 6.92 Å². The predicted octanol–water partition coefficient (Wildman–Crippen LogP) is 1.50. The van der Waals surface area contributed by atoms with Crippen LogP contribution < -0.4 is 4.90 Å². The molecule has 1 atom stereocenters. The van der Waals surface area contributed by atoms with Crippen LogP contribution in [0.25, 0.3) is 5.65 Å². The SMILES string of the molecule is Cc1cc(N2Cc3nnc(C4CCOCC4)n3[C@@H](C)C2)c2nncn2n1. The van der Waals surface area contributed by atoms with Crippen LogP contribution in [0.15, 0.2) is 12.4 Å². The summed E-state index contributed by atoms with van der Waals surface area (Å²) in [6.07, 6.45) is 3.70. The van der Waals surface area contributed by atoms with Crippen molar-refractivity contribution in [2.75, 3.05) is 24.7 Å². The summed E-state index contributed by atoms with van der Waals surface area (Å²) >= 11 is 0. The van der Waals surface area contributed by atoms with Gasteiger partial charge < -0.3 is 14.2 Å². The van der Waals surface area contributed by atoms with E-state index in [1.54, 1.807) is 10.8 Å². The lowest BCUT2D eigenvalue weighted by Gasteiger charge is -2.35. The zero-order valence-corrected chi connectivity index (χ0v) is 15.0. The highest BCUT2D eigenvalue weighted by Gasteiger charge is 2.31. The lowest BCUT2D eigenvalue weighted by atomic mass is 9.99. The molecule has 136 valence electrons. The minimum atomic E-state index is 0.294. The monoisotopic (exact) mass is 354 g/mol. The van der Waals surface area contributed by atoms with Crippen LogP contribution in [0.2, 0.25) is 0 Å². The second-order valence-corrected chi connectivity index (χ2v) is 7.23. The van der Waals surface area contributed by atoms with Crippen molar-refractivity contribution in [1.82, 2.24) is 34.6 Å². The smallest absolute Gasteiger partial charge is 0.200 e. The number of nitrogens with zero attached hydrogens (tertiary/aromatic N) is 8. The lowest BCUT2D eigenvalue weighted by molar-refractivity contribution is 0.0823. The Morgan fingerprint density at radius 3 is 2.85 bits per heavy atom. The van der Waals surface area contributed by atoms with Gasteiger partial charge in [0.2, 0.25) is 5.65 Å². The summed E-state index contributed by atoms with van der Waals surface area (Å²) in [5.41, 5.74) is 2.76. The van der Waals surface area contributed by atoms with E-state index >= 15 is 0 Å². The first-order valence-corrected chi connectivity index (χ1v) is 9.14. The molecule has 0 amide bonds. The van der Waals surface area contributed by atoms with Gasteiger partial charge in [0.15, 0.2) is 5.82 Å². The number of hydrogen-bond acceptors (Lipinski definition) is 7. The quantitative estimate of drug-likeness (QED) is 0.689. The molecule has 2 aliphatic rings. The van der Waals surface area contributed by atoms with Crippen LogP contribution in [0.5, 0.6) is 0 Å². The Labute approximate surface area is 151 Å². The van der Waals surface area contributed by atoms with E-state index in [4.69, 9.17) is 4.74 Å². The zero-order chi connectivity index (χ0) is 17.7. The Morgan fingerprint density at radius 2 is 2.00 bits per heavy atom. The summed E-state index contributed by atoms with van der Waals surface area (Å²) in [5, 5.41) is 21.8. The van der Waals surface area contributed by atoms with E-state index in [1.165, 1.54) is 0 Å². The summed E-state index contributed by atoms with van der Waals surface area (Å²) in [6.45, 7) is 7.45. The van der Waals surface area contributed by atoms with Gasteiger partial charge in [0.1, 0.15) is 12.2 Å². The fraction of sp³-hybridized carbons (Fsp3) is 0.588. The molecule has 2 aliphatic heterocycles. The maximum Gasteiger partial charge on any atom is 0.200 e. The molecular formula is C17H22N8O. The Morgan fingerprint density at radius 1 is 1.15 bits per heavy atom. The summed E-state index contributed by atoms with van der Waals surface area (Å²) in [5.74, 6) is 2.58. The number of aromatic nitrogens is 7. The third kappa shape index (κ3) is 2.45. The number of anilines is 1. The van der Waals surface area contributed by atoms with Gasteiger partial charge in [-0.3, -0.25) is 0 Å². The topological polar surface area (TPSA) is 86.3 Å². The van der Waals surface area contributed by atoms with Crippen molar-refractivity contribution in [1.29, 1.82) is 0 Å². The second-order valence-electron chi connectivity index (χ2n) is 7.23. The molecule has 0 spiro atoms. The van der Waals surface area contributed by atoms with Gasteiger partial charge in [-0.1, -0.05) is 0 Å². The molecule has 0 N–H and O–H groups in total. The second kappa shape index (κ2) is 6.01. The van der Waals surface area contributed by atoms with E-state index in [9.17, 15) is 0 Å². The zero-order valence-electron chi connectivity index (χ0n) is 15.0. The molecule has 5 rings (SSSR count). The maximum atomic E-state index is 5.50. The Hall–Kier alpha value is -2.55. The van der Waals surface area contributed by atoms with Crippen LogP contribution in [-0.4, -0.2) is 54.3 Å². The molecule has 0 aliphatic carbocycles. The first-order chi connectivity index (χ1) is 12.7. The van der Waals surface area contributed by atoms with E-state index in [-0.39, 0.29) is 0 Å². The molecule has 0 radical (unpaired) electrons. The first kappa shape index (κ1) is 15.7. The molecule has 0 aromatic carbocycles. The molecule has 9 heteroatoms. The third-order valence-corrected chi connectivity index (χ3v) is 5.35. The van der Waals surface area contributed by atoms with Crippen LogP contribution in [0.3, 0.4) is 0 Å². The minimum Gasteiger partial charge on any atom is -0.381 e. The minimum absolute atomic E-state index is 0.294. The molecule has 26 heavy (non-hydrogen) atoms. The van der Waals surface area contributed by atoms with Crippen molar-refractivity contribution in [3.63, 3.8) is 0 Å². The summed E-state index contributed by atoms with van der Waals surface area (Å²) < 4.78 is 9.57. The van der Waals surface area contributed by atoms with Crippen molar-refractivity contribution in [2.24, 2.45) is 0 Å². The van der Waals surface area contributed by atoms with Crippen molar-refractivity contribution >= 4 is 11.3 Å². The molecule has 0 saturated carbocycles. The van der Waals surface area contributed by atoms with Gasteiger partial charge in [0, 0.05) is 25.7 Å². The number of hydrogen-bond donors (Lipinski definition) is 0. The molecular weight excluding hydrogens is 332 g/mol. The fourth-order valence-electron chi connectivity index (χ4n) is 4.14. The summed E-state index contributed by atoms with van der Waals surface area (Å²) in [4.78, 5) is 2.31. The van der Waals surface area contributed by atoms with E-state index in [2.05, 4.69) is 48.0 Å². The number of rotatable bonds is 2. The molecule has 1 saturated heterocycles. The first-order valence-electron chi connectivity index (χ1n) is 9.14. The number of fused-ring (bicyclic) bond motifs is 2. The third-order valence-electron chi connectivity index (χ3n) is 5.35. The number of aryl methyl sites for hydroxylation is 1. The van der Waals surface area contributed by atoms with Crippen LogP contribution in [0.4, 0.5) is 5.69 Å². The average Bonchev–Trinajstić information content (AvgIpc) is 3.28. The average molecular weight is 354 g/mol. The van der Waals surface area contributed by atoms with Crippen molar-refractivity contribution in [3.8, 4) is 0 Å². The fourth-order valence-corrected chi connectivity index (χ4v) is 4.14. The highest BCUT2D eigenvalue weighted by atomic mass is 16.5. The van der Waals surface area contributed by atoms with Gasteiger partial charge in [0.05, 0.1) is 24.0 Å². The number of ether oxygens (including phenoxy) is 1. The largest absolute Gasteiger partial charge is 0.381 e. The van der Waals surface area contributed by atoms with Gasteiger partial charge in [-0.15, -0.1) is 20.4 Å². The highest BCUT2D eigenvalue weighted by Crippen LogP contribution is 2.33.